The molecule has 1 amide bonds. The van der Waals surface area contributed by atoms with Crippen LogP contribution in [-0.4, -0.2) is 11.7 Å². The van der Waals surface area contributed by atoms with Crippen molar-refractivity contribution in [2.24, 2.45) is 0 Å². The van der Waals surface area contributed by atoms with Crippen LogP contribution in [0.5, 0.6) is 0 Å². The Labute approximate surface area is 156 Å². The summed E-state index contributed by atoms with van der Waals surface area (Å²) in [5.41, 5.74) is 4.26. The summed E-state index contributed by atoms with van der Waals surface area (Å²) in [6, 6.07) is 18.6. The molecule has 4 rings (SSSR count). The number of fused-ring (bicyclic) bond motifs is 1. The van der Waals surface area contributed by atoms with Crippen molar-refractivity contribution >= 4 is 29.5 Å². The van der Waals surface area contributed by atoms with Crippen LogP contribution in [0.1, 0.15) is 27.2 Å². The van der Waals surface area contributed by atoms with Crippen LogP contribution in [0.4, 0.5) is 5.69 Å². The van der Waals surface area contributed by atoms with Gasteiger partial charge in [0.25, 0.3) is 0 Å². The number of amides is 1. The van der Waals surface area contributed by atoms with Crippen LogP contribution in [0.3, 0.4) is 0 Å². The maximum absolute atomic E-state index is 12.4. The van der Waals surface area contributed by atoms with E-state index in [-0.39, 0.29) is 11.7 Å². The molecule has 0 radical (unpaired) electrons. The Balaban J connectivity index is 1.42. The van der Waals surface area contributed by atoms with E-state index in [1.54, 1.807) is 24.5 Å². The molecule has 4 heteroatoms. The zero-order valence-corrected chi connectivity index (χ0v) is 14.5. The first-order valence-corrected chi connectivity index (χ1v) is 8.65. The first-order valence-electron chi connectivity index (χ1n) is 8.65. The second kappa shape index (κ2) is 7.30. The lowest BCUT2D eigenvalue weighted by molar-refractivity contribution is -0.111. The van der Waals surface area contributed by atoms with Gasteiger partial charge in [-0.25, -0.2) is 0 Å². The van der Waals surface area contributed by atoms with Gasteiger partial charge in [0.15, 0.2) is 5.78 Å². The number of benzene rings is 2. The lowest BCUT2D eigenvalue weighted by Gasteiger charge is -2.03. The summed E-state index contributed by atoms with van der Waals surface area (Å²) in [4.78, 5) is 24.4. The molecule has 0 saturated heterocycles. The van der Waals surface area contributed by atoms with Crippen molar-refractivity contribution in [3.63, 3.8) is 0 Å². The molecule has 1 aromatic heterocycles. The summed E-state index contributed by atoms with van der Waals surface area (Å²) in [5.74, 6) is 0.472. The fraction of sp³-hybridized carbons (Fsp3) is 0.0435. The van der Waals surface area contributed by atoms with Crippen LogP contribution in [0.25, 0.3) is 12.2 Å². The molecule has 0 saturated carbocycles. The van der Waals surface area contributed by atoms with E-state index in [1.165, 1.54) is 6.08 Å². The topological polar surface area (TPSA) is 59.3 Å². The zero-order chi connectivity index (χ0) is 18.6. The first-order chi connectivity index (χ1) is 13.2. The highest BCUT2D eigenvalue weighted by molar-refractivity contribution is 6.15. The van der Waals surface area contributed by atoms with Crippen LogP contribution >= 0.6 is 0 Å². The van der Waals surface area contributed by atoms with Crippen molar-refractivity contribution < 1.29 is 14.0 Å². The number of hydrogen-bond acceptors (Lipinski definition) is 3. The maximum atomic E-state index is 12.4. The number of hydrogen-bond donors (Lipinski definition) is 1. The Morgan fingerprint density at radius 3 is 2.56 bits per heavy atom. The quantitative estimate of drug-likeness (QED) is 0.687. The number of Topliss-reactive ketones (excluding diaryl/α,β-unsaturated/α-hetero) is 1. The smallest absolute Gasteiger partial charge is 0.248 e. The van der Waals surface area contributed by atoms with Gasteiger partial charge in [0, 0.05) is 29.3 Å². The Kier molecular flexibility index (Phi) is 4.54. The summed E-state index contributed by atoms with van der Waals surface area (Å²) in [6.07, 6.45) is 7.15. The minimum Gasteiger partial charge on any atom is -0.465 e. The highest BCUT2D eigenvalue weighted by Crippen LogP contribution is 2.27. The van der Waals surface area contributed by atoms with Crippen LogP contribution in [0.2, 0.25) is 0 Å². The third-order valence-electron chi connectivity index (χ3n) is 4.40. The van der Waals surface area contributed by atoms with Gasteiger partial charge in [-0.2, -0.15) is 0 Å². The molecule has 0 atom stereocenters. The number of anilines is 1. The minimum absolute atomic E-state index is 0.0889. The van der Waals surface area contributed by atoms with Crippen molar-refractivity contribution in [1.29, 1.82) is 0 Å². The average Bonchev–Trinajstić information content (AvgIpc) is 3.31. The minimum atomic E-state index is -0.237. The molecule has 1 aliphatic carbocycles. The molecule has 4 nitrogen and oxygen atoms in total. The van der Waals surface area contributed by atoms with Crippen molar-refractivity contribution in [2.75, 3.05) is 5.32 Å². The highest BCUT2D eigenvalue weighted by atomic mass is 16.3. The molecule has 2 aromatic carbocycles. The zero-order valence-electron chi connectivity index (χ0n) is 14.5. The Morgan fingerprint density at radius 2 is 1.81 bits per heavy atom. The van der Waals surface area contributed by atoms with Gasteiger partial charge in [-0.3, -0.25) is 9.59 Å². The summed E-state index contributed by atoms with van der Waals surface area (Å²) in [5, 5.41) is 2.79. The molecule has 0 unspecified atom stereocenters. The predicted octanol–water partition coefficient (Wildman–Crippen LogP) is 4.75. The Bertz CT molecular complexity index is 1040. The Hall–Kier alpha value is -3.66. The summed E-state index contributed by atoms with van der Waals surface area (Å²) < 4.78 is 5.14. The van der Waals surface area contributed by atoms with Crippen LogP contribution in [-0.2, 0) is 11.2 Å². The molecule has 27 heavy (non-hydrogen) atoms. The molecule has 1 heterocycles. The molecule has 0 fully saturated rings. The lowest BCUT2D eigenvalue weighted by atomic mass is 10.1. The molecular weight excluding hydrogens is 338 g/mol. The van der Waals surface area contributed by atoms with Crippen molar-refractivity contribution in [1.82, 2.24) is 0 Å². The van der Waals surface area contributed by atoms with Gasteiger partial charge in [0.1, 0.15) is 5.76 Å². The number of carbonyl (C=O) groups is 2. The standard InChI is InChI=1S/C23H17NO3/c25-22(12-11-20-5-3-13-27-20)24-19-9-7-16(8-10-19)14-18-15-17-4-1-2-6-21(17)23(18)26/h1-14H,15H2,(H,24,25)/b12-11+,18-14+. The van der Waals surface area contributed by atoms with Crippen molar-refractivity contribution in [3.8, 4) is 0 Å². The second-order valence-electron chi connectivity index (χ2n) is 6.29. The predicted molar refractivity (Wildman–Crippen MR) is 105 cm³/mol. The van der Waals surface area contributed by atoms with Crippen LogP contribution in [0.15, 0.2) is 83.0 Å². The van der Waals surface area contributed by atoms with E-state index >= 15 is 0 Å². The number of ketones is 1. The number of carbonyl (C=O) groups excluding carboxylic acids is 2. The third kappa shape index (κ3) is 3.80. The monoisotopic (exact) mass is 355 g/mol. The average molecular weight is 355 g/mol. The van der Waals surface area contributed by atoms with Crippen molar-refractivity contribution in [2.45, 2.75) is 6.42 Å². The second-order valence-corrected chi connectivity index (χ2v) is 6.29. The van der Waals surface area contributed by atoms with Crippen LogP contribution in [0, 0.1) is 0 Å². The van der Waals surface area contributed by atoms with Gasteiger partial charge in [0.05, 0.1) is 6.26 Å². The SMILES string of the molecule is O=C(/C=C/c1ccco1)Nc1ccc(/C=C2\Cc3ccccc3C2=O)cc1. The third-order valence-corrected chi connectivity index (χ3v) is 4.40. The van der Waals surface area contributed by atoms with Gasteiger partial charge in [-0.05, 0) is 47.5 Å². The van der Waals surface area contributed by atoms with E-state index in [0.717, 1.165) is 22.3 Å². The van der Waals surface area contributed by atoms with E-state index in [9.17, 15) is 9.59 Å². The van der Waals surface area contributed by atoms with Gasteiger partial charge < -0.3 is 9.73 Å². The molecule has 0 bridgehead atoms. The molecule has 132 valence electrons. The van der Waals surface area contributed by atoms with Gasteiger partial charge in [-0.1, -0.05) is 36.4 Å². The Morgan fingerprint density at radius 1 is 1.00 bits per heavy atom. The fourth-order valence-corrected chi connectivity index (χ4v) is 3.06. The number of rotatable bonds is 4. The first kappa shape index (κ1) is 16.8. The van der Waals surface area contributed by atoms with Gasteiger partial charge in [0.2, 0.25) is 5.91 Å². The normalized spacial score (nSPS) is 14.7. The summed E-state index contributed by atoms with van der Waals surface area (Å²) >= 11 is 0. The lowest BCUT2D eigenvalue weighted by Crippen LogP contribution is -2.07. The van der Waals surface area contributed by atoms with E-state index < -0.39 is 0 Å². The molecular formula is C23H17NO3. The van der Waals surface area contributed by atoms with E-state index in [2.05, 4.69) is 5.32 Å². The van der Waals surface area contributed by atoms with E-state index in [4.69, 9.17) is 4.42 Å². The van der Waals surface area contributed by atoms with E-state index in [1.807, 2.05) is 54.6 Å². The van der Waals surface area contributed by atoms with Crippen molar-refractivity contribution in [3.05, 3.63) is 101 Å². The number of nitrogens with one attached hydrogen (secondary N) is 1. The van der Waals surface area contributed by atoms with Crippen LogP contribution < -0.4 is 5.32 Å². The molecule has 0 aliphatic heterocycles. The highest BCUT2D eigenvalue weighted by Gasteiger charge is 2.23. The summed E-state index contributed by atoms with van der Waals surface area (Å²) in [7, 11) is 0. The fourth-order valence-electron chi connectivity index (χ4n) is 3.06. The largest absolute Gasteiger partial charge is 0.465 e. The molecule has 3 aromatic rings. The molecule has 0 spiro atoms. The summed E-state index contributed by atoms with van der Waals surface area (Å²) in [6.45, 7) is 0. The van der Waals surface area contributed by atoms with Gasteiger partial charge in [-0.15, -0.1) is 0 Å². The van der Waals surface area contributed by atoms with Gasteiger partial charge >= 0.3 is 0 Å². The molecule has 1 aliphatic rings. The number of furan rings is 1. The molecule has 1 N–H and O–H groups in total. The maximum Gasteiger partial charge on any atom is 0.248 e. The number of allylic oxidation sites excluding steroid dienone is 1. The van der Waals surface area contributed by atoms with E-state index in [0.29, 0.717) is 17.9 Å².